The lowest BCUT2D eigenvalue weighted by Crippen LogP contribution is -2.25. The van der Waals surface area contributed by atoms with Gasteiger partial charge in [0.25, 0.3) is 5.91 Å². The summed E-state index contributed by atoms with van der Waals surface area (Å²) in [5.41, 5.74) is 2.75. The molecule has 4 heteroatoms. The normalized spacial score (nSPS) is 15.1. The minimum atomic E-state index is -0.286. The Morgan fingerprint density at radius 3 is 3.07 bits per heavy atom. The predicted octanol–water partition coefficient (Wildman–Crippen LogP) is 1.15. The highest BCUT2D eigenvalue weighted by Crippen LogP contribution is 2.28. The van der Waals surface area contributed by atoms with Crippen LogP contribution in [0.5, 0.6) is 0 Å². The van der Waals surface area contributed by atoms with Crippen LogP contribution in [0.2, 0.25) is 0 Å². The maximum absolute atomic E-state index is 11.3. The minimum Gasteiger partial charge on any atom is -0.273 e. The fourth-order valence-electron chi connectivity index (χ4n) is 1.06. The zero-order chi connectivity index (χ0) is 9.80. The Morgan fingerprint density at radius 2 is 2.43 bits per heavy atom. The van der Waals surface area contributed by atoms with Crippen molar-refractivity contribution in [2.75, 3.05) is 6.61 Å². The van der Waals surface area contributed by atoms with Crippen molar-refractivity contribution < 1.29 is 9.63 Å². The third kappa shape index (κ3) is 2.53. The molecule has 0 aromatic carbocycles. The third-order valence-electron chi connectivity index (χ3n) is 2.08. The van der Waals surface area contributed by atoms with E-state index in [4.69, 9.17) is 4.84 Å². The molecule has 4 nitrogen and oxygen atoms in total. The van der Waals surface area contributed by atoms with Crippen LogP contribution in [-0.4, -0.2) is 17.5 Å². The van der Waals surface area contributed by atoms with E-state index in [1.54, 1.807) is 24.4 Å². The van der Waals surface area contributed by atoms with E-state index in [2.05, 4.69) is 10.5 Å². The zero-order valence-electron chi connectivity index (χ0n) is 7.77. The first-order chi connectivity index (χ1) is 6.86. The number of amides is 1. The second-order valence-electron chi connectivity index (χ2n) is 3.40. The molecular formula is C10H12N2O2. The molecule has 0 radical (unpaired) electrons. The number of pyridine rings is 1. The fraction of sp³-hybridized carbons (Fsp3) is 0.400. The van der Waals surface area contributed by atoms with Crippen molar-refractivity contribution in [2.24, 2.45) is 5.92 Å². The van der Waals surface area contributed by atoms with E-state index in [0.29, 0.717) is 18.2 Å². The van der Waals surface area contributed by atoms with Crippen molar-refractivity contribution >= 4 is 5.91 Å². The first kappa shape index (κ1) is 9.15. The maximum atomic E-state index is 11.3. The highest BCUT2D eigenvalue weighted by atomic mass is 16.7. The largest absolute Gasteiger partial charge is 0.293 e. The number of aromatic nitrogens is 1. The van der Waals surface area contributed by atoms with Gasteiger partial charge in [0.15, 0.2) is 0 Å². The number of carbonyl (C=O) groups excluding carboxylic acids is 1. The van der Waals surface area contributed by atoms with Crippen LogP contribution in [-0.2, 0) is 4.84 Å². The summed E-state index contributed by atoms with van der Waals surface area (Å²) in [5, 5.41) is 0. The van der Waals surface area contributed by atoms with Gasteiger partial charge in [-0.3, -0.25) is 14.6 Å². The van der Waals surface area contributed by atoms with E-state index >= 15 is 0 Å². The first-order valence-electron chi connectivity index (χ1n) is 4.69. The molecule has 0 saturated heterocycles. The standard InChI is InChI=1S/C10H12N2O2/c13-10(9-3-1-2-6-11-9)12-14-7-8-4-5-8/h1-3,6,8H,4-5,7H2,(H,12,13). The molecule has 1 N–H and O–H groups in total. The second-order valence-corrected chi connectivity index (χ2v) is 3.40. The van der Waals surface area contributed by atoms with Gasteiger partial charge in [-0.2, -0.15) is 0 Å². The van der Waals surface area contributed by atoms with Crippen LogP contribution < -0.4 is 5.48 Å². The van der Waals surface area contributed by atoms with Gasteiger partial charge in [0.05, 0.1) is 6.61 Å². The Morgan fingerprint density at radius 1 is 1.57 bits per heavy atom. The van der Waals surface area contributed by atoms with Gasteiger partial charge >= 0.3 is 0 Å². The summed E-state index contributed by atoms with van der Waals surface area (Å²) in [5.74, 6) is 0.352. The number of hydroxylamine groups is 1. The van der Waals surface area contributed by atoms with Crippen LogP contribution in [0.3, 0.4) is 0 Å². The third-order valence-corrected chi connectivity index (χ3v) is 2.08. The van der Waals surface area contributed by atoms with Gasteiger partial charge in [-0.05, 0) is 30.9 Å². The number of rotatable bonds is 4. The van der Waals surface area contributed by atoms with Crippen molar-refractivity contribution in [1.29, 1.82) is 0 Å². The molecule has 1 aliphatic carbocycles. The van der Waals surface area contributed by atoms with Crippen molar-refractivity contribution in [3.63, 3.8) is 0 Å². The minimum absolute atomic E-state index is 0.286. The molecule has 1 aromatic heterocycles. The summed E-state index contributed by atoms with van der Waals surface area (Å²) in [4.78, 5) is 20.3. The van der Waals surface area contributed by atoms with Gasteiger partial charge in [-0.1, -0.05) is 6.07 Å². The average Bonchev–Trinajstić information content (AvgIpc) is 3.03. The Bertz CT molecular complexity index is 309. The highest BCUT2D eigenvalue weighted by Gasteiger charge is 2.21. The maximum Gasteiger partial charge on any atom is 0.293 e. The Kier molecular flexibility index (Phi) is 2.74. The van der Waals surface area contributed by atoms with E-state index in [1.807, 2.05) is 0 Å². The number of nitrogens with one attached hydrogen (secondary N) is 1. The molecule has 2 rings (SSSR count). The summed E-state index contributed by atoms with van der Waals surface area (Å²) in [6, 6.07) is 5.18. The van der Waals surface area contributed by atoms with E-state index in [1.165, 1.54) is 12.8 Å². The SMILES string of the molecule is O=C(NOCC1CC1)c1ccccn1. The van der Waals surface area contributed by atoms with Crippen LogP contribution in [0.4, 0.5) is 0 Å². The van der Waals surface area contributed by atoms with E-state index in [0.717, 1.165) is 0 Å². The summed E-state index contributed by atoms with van der Waals surface area (Å²) in [7, 11) is 0. The molecule has 0 aliphatic heterocycles. The van der Waals surface area contributed by atoms with Gasteiger partial charge in [0, 0.05) is 6.20 Å². The highest BCUT2D eigenvalue weighted by molar-refractivity contribution is 5.91. The molecule has 0 spiro atoms. The van der Waals surface area contributed by atoms with Crippen molar-refractivity contribution in [1.82, 2.24) is 10.5 Å². The monoisotopic (exact) mass is 192 g/mol. The predicted molar refractivity (Wildman–Crippen MR) is 50.4 cm³/mol. The average molecular weight is 192 g/mol. The van der Waals surface area contributed by atoms with Crippen LogP contribution in [0.1, 0.15) is 23.3 Å². The first-order valence-corrected chi connectivity index (χ1v) is 4.69. The molecule has 14 heavy (non-hydrogen) atoms. The molecule has 0 unspecified atom stereocenters. The van der Waals surface area contributed by atoms with Crippen LogP contribution >= 0.6 is 0 Å². The van der Waals surface area contributed by atoms with Gasteiger partial charge in [0.2, 0.25) is 0 Å². The molecule has 1 saturated carbocycles. The van der Waals surface area contributed by atoms with Crippen LogP contribution in [0.15, 0.2) is 24.4 Å². The summed E-state index contributed by atoms with van der Waals surface area (Å²) in [6.45, 7) is 0.610. The van der Waals surface area contributed by atoms with Gasteiger partial charge in [-0.15, -0.1) is 0 Å². The van der Waals surface area contributed by atoms with E-state index in [-0.39, 0.29) is 5.91 Å². The van der Waals surface area contributed by atoms with Crippen LogP contribution in [0.25, 0.3) is 0 Å². The van der Waals surface area contributed by atoms with E-state index < -0.39 is 0 Å². The Balaban J connectivity index is 1.77. The lowest BCUT2D eigenvalue weighted by atomic mass is 10.3. The molecule has 1 amide bonds. The van der Waals surface area contributed by atoms with Gasteiger partial charge in [0.1, 0.15) is 5.69 Å². The lowest BCUT2D eigenvalue weighted by Gasteiger charge is -2.03. The Labute approximate surface area is 82.2 Å². The molecule has 1 heterocycles. The molecule has 1 aromatic rings. The van der Waals surface area contributed by atoms with Crippen molar-refractivity contribution in [3.8, 4) is 0 Å². The fourth-order valence-corrected chi connectivity index (χ4v) is 1.06. The van der Waals surface area contributed by atoms with Gasteiger partial charge < -0.3 is 0 Å². The number of hydrogen-bond acceptors (Lipinski definition) is 3. The summed E-state index contributed by atoms with van der Waals surface area (Å²) in [6.07, 6.45) is 3.99. The number of hydrogen-bond donors (Lipinski definition) is 1. The van der Waals surface area contributed by atoms with Crippen molar-refractivity contribution in [2.45, 2.75) is 12.8 Å². The molecule has 0 bridgehead atoms. The number of nitrogens with zero attached hydrogens (tertiary/aromatic N) is 1. The van der Waals surface area contributed by atoms with Gasteiger partial charge in [-0.25, -0.2) is 5.48 Å². The quantitative estimate of drug-likeness (QED) is 0.728. The molecular weight excluding hydrogens is 180 g/mol. The Hall–Kier alpha value is -1.42. The summed E-state index contributed by atoms with van der Waals surface area (Å²) >= 11 is 0. The van der Waals surface area contributed by atoms with Crippen molar-refractivity contribution in [3.05, 3.63) is 30.1 Å². The van der Waals surface area contributed by atoms with Crippen LogP contribution in [0, 0.1) is 5.92 Å². The molecule has 0 atom stereocenters. The molecule has 1 fully saturated rings. The summed E-state index contributed by atoms with van der Waals surface area (Å²) < 4.78 is 0. The lowest BCUT2D eigenvalue weighted by molar-refractivity contribution is 0.0266. The number of carbonyl (C=O) groups is 1. The topological polar surface area (TPSA) is 51.2 Å². The molecule has 1 aliphatic rings. The molecule has 74 valence electrons. The smallest absolute Gasteiger partial charge is 0.273 e. The van der Waals surface area contributed by atoms with E-state index in [9.17, 15) is 4.79 Å². The second kappa shape index (κ2) is 4.19. The zero-order valence-corrected chi connectivity index (χ0v) is 7.77.